The maximum Gasteiger partial charge on any atom is 0.257 e. The Morgan fingerprint density at radius 3 is 2.76 bits per heavy atom. The average molecular weight is 337 g/mol. The molecule has 128 valence electrons. The molecule has 2 aromatic heterocycles. The van der Waals surface area contributed by atoms with Crippen LogP contribution in [0.4, 0.5) is 0 Å². The minimum atomic E-state index is -0.503. The number of nitrogens with zero attached hydrogens (tertiary/aromatic N) is 4. The summed E-state index contributed by atoms with van der Waals surface area (Å²) in [5, 5.41) is 26.9. The number of hydrogen-bond donors (Lipinski definition) is 2. The van der Waals surface area contributed by atoms with Gasteiger partial charge in [-0.2, -0.15) is 10.4 Å². The molecule has 2 unspecified atom stereocenters. The van der Waals surface area contributed by atoms with Crippen molar-refractivity contribution in [1.29, 1.82) is 5.26 Å². The van der Waals surface area contributed by atoms with E-state index in [1.165, 1.54) is 16.9 Å². The summed E-state index contributed by atoms with van der Waals surface area (Å²) < 4.78 is 1.47. The molecule has 0 aliphatic heterocycles. The van der Waals surface area contributed by atoms with Crippen molar-refractivity contribution in [2.24, 2.45) is 17.8 Å². The summed E-state index contributed by atoms with van der Waals surface area (Å²) >= 11 is 0. The normalized spacial score (nSPS) is 35.7. The number of carbonyl (C=O) groups excluding carboxylic acids is 1. The molecule has 4 aliphatic rings. The van der Waals surface area contributed by atoms with Gasteiger partial charge in [0.2, 0.25) is 0 Å². The molecule has 25 heavy (non-hydrogen) atoms. The first-order chi connectivity index (χ1) is 12.0. The minimum Gasteiger partial charge on any atom is -0.390 e. The van der Waals surface area contributed by atoms with Crippen LogP contribution >= 0.6 is 0 Å². The fraction of sp³-hybridized carbons (Fsp3) is 0.556. The third kappa shape index (κ3) is 2.24. The summed E-state index contributed by atoms with van der Waals surface area (Å²) in [6.45, 7) is 0. The standard InChI is InChI=1S/C18H19N5O2/c19-6-11-7-20-16-14(8-21-23(16)9-11)17(24)22-15-12-1-10-2-13(15)5-18(25,3-10)4-12/h7-10,12-13,15,25H,1-5H2,(H,22,24). The van der Waals surface area contributed by atoms with Crippen molar-refractivity contribution in [3.05, 3.63) is 29.7 Å². The lowest BCUT2D eigenvalue weighted by Gasteiger charge is -2.58. The lowest BCUT2D eigenvalue weighted by atomic mass is 9.52. The van der Waals surface area contributed by atoms with Crippen molar-refractivity contribution in [3.63, 3.8) is 0 Å². The van der Waals surface area contributed by atoms with Crippen LogP contribution in [0.2, 0.25) is 0 Å². The molecule has 1 amide bonds. The van der Waals surface area contributed by atoms with Gasteiger partial charge < -0.3 is 10.4 Å². The maximum absolute atomic E-state index is 12.8. The third-order valence-electron chi connectivity index (χ3n) is 6.27. The Labute approximate surface area is 144 Å². The summed E-state index contributed by atoms with van der Waals surface area (Å²) in [6, 6.07) is 2.14. The summed E-state index contributed by atoms with van der Waals surface area (Å²) in [5.74, 6) is 1.16. The van der Waals surface area contributed by atoms with Crippen LogP contribution in [0, 0.1) is 29.1 Å². The summed E-state index contributed by atoms with van der Waals surface area (Å²) in [7, 11) is 0. The molecule has 4 bridgehead atoms. The summed E-state index contributed by atoms with van der Waals surface area (Å²) in [5.41, 5.74) is 0.782. The maximum atomic E-state index is 12.8. The van der Waals surface area contributed by atoms with Gasteiger partial charge in [-0.1, -0.05) is 0 Å². The van der Waals surface area contributed by atoms with Crippen LogP contribution in [0.15, 0.2) is 18.6 Å². The zero-order valence-electron chi connectivity index (χ0n) is 13.7. The van der Waals surface area contributed by atoms with E-state index in [1.54, 1.807) is 6.20 Å². The number of amides is 1. The van der Waals surface area contributed by atoms with Gasteiger partial charge in [-0.05, 0) is 49.9 Å². The van der Waals surface area contributed by atoms with Gasteiger partial charge in [0.1, 0.15) is 11.6 Å². The highest BCUT2D eigenvalue weighted by Crippen LogP contribution is 2.55. The van der Waals surface area contributed by atoms with Gasteiger partial charge in [0.15, 0.2) is 5.65 Å². The van der Waals surface area contributed by atoms with E-state index in [2.05, 4.69) is 15.4 Å². The van der Waals surface area contributed by atoms with E-state index < -0.39 is 5.60 Å². The minimum absolute atomic E-state index is 0.123. The van der Waals surface area contributed by atoms with Crippen LogP contribution in [0.1, 0.15) is 48.0 Å². The lowest BCUT2D eigenvalue weighted by Crippen LogP contribution is -2.61. The fourth-order valence-electron chi connectivity index (χ4n) is 5.54. The van der Waals surface area contributed by atoms with Crippen molar-refractivity contribution >= 4 is 11.6 Å². The second-order valence-corrected chi connectivity index (χ2v) is 7.97. The molecule has 6 rings (SSSR count). The monoisotopic (exact) mass is 337 g/mol. The van der Waals surface area contributed by atoms with Crippen LogP contribution in [0.25, 0.3) is 5.65 Å². The van der Waals surface area contributed by atoms with Gasteiger partial charge >= 0.3 is 0 Å². The van der Waals surface area contributed by atoms with Crippen LogP contribution in [0.5, 0.6) is 0 Å². The van der Waals surface area contributed by atoms with Gasteiger partial charge in [0.05, 0.1) is 23.6 Å². The Bertz CT molecular complexity index is 898. The molecule has 2 N–H and O–H groups in total. The first-order valence-corrected chi connectivity index (χ1v) is 8.81. The second-order valence-electron chi connectivity index (χ2n) is 7.97. The molecule has 0 radical (unpaired) electrons. The van der Waals surface area contributed by atoms with Crippen LogP contribution in [-0.4, -0.2) is 37.3 Å². The smallest absolute Gasteiger partial charge is 0.257 e. The molecule has 2 heterocycles. The van der Waals surface area contributed by atoms with E-state index in [4.69, 9.17) is 5.26 Å². The number of nitriles is 1. The number of nitrogens with one attached hydrogen (secondary N) is 1. The van der Waals surface area contributed by atoms with Gasteiger partial charge in [0, 0.05) is 12.2 Å². The highest BCUT2D eigenvalue weighted by Gasteiger charge is 2.55. The Hall–Kier alpha value is -2.46. The zero-order valence-corrected chi connectivity index (χ0v) is 13.7. The molecule has 0 spiro atoms. The van der Waals surface area contributed by atoms with Crippen LogP contribution < -0.4 is 5.32 Å². The third-order valence-corrected chi connectivity index (χ3v) is 6.27. The molecule has 0 aromatic carbocycles. The van der Waals surface area contributed by atoms with E-state index in [9.17, 15) is 9.90 Å². The van der Waals surface area contributed by atoms with E-state index in [1.807, 2.05) is 6.07 Å². The van der Waals surface area contributed by atoms with Crippen LogP contribution in [-0.2, 0) is 0 Å². The molecule has 7 heteroatoms. The highest BCUT2D eigenvalue weighted by atomic mass is 16.3. The topological polar surface area (TPSA) is 103 Å². The molecule has 7 nitrogen and oxygen atoms in total. The van der Waals surface area contributed by atoms with E-state index in [0.717, 1.165) is 32.1 Å². The number of aliphatic hydroxyl groups is 1. The molecule has 4 saturated carbocycles. The van der Waals surface area contributed by atoms with Crippen molar-refractivity contribution < 1.29 is 9.90 Å². The number of hydrogen-bond acceptors (Lipinski definition) is 5. The second kappa shape index (κ2) is 5.02. The Kier molecular flexibility index (Phi) is 2.98. The molecule has 4 aliphatic carbocycles. The SMILES string of the molecule is N#Cc1cnc2c(C(=O)NC3C4CC5CC3CC(O)(C5)C4)cnn2c1. The van der Waals surface area contributed by atoms with Gasteiger partial charge in [-0.25, -0.2) is 9.50 Å². The molecular formula is C18H19N5O2. The van der Waals surface area contributed by atoms with E-state index in [0.29, 0.717) is 34.5 Å². The highest BCUT2D eigenvalue weighted by molar-refractivity contribution is 5.99. The number of rotatable bonds is 2. The van der Waals surface area contributed by atoms with Crippen molar-refractivity contribution in [3.8, 4) is 6.07 Å². The first-order valence-electron chi connectivity index (χ1n) is 8.81. The van der Waals surface area contributed by atoms with Gasteiger partial charge in [-0.3, -0.25) is 4.79 Å². The van der Waals surface area contributed by atoms with Crippen LogP contribution in [0.3, 0.4) is 0 Å². The van der Waals surface area contributed by atoms with Crippen molar-refractivity contribution in [2.75, 3.05) is 0 Å². The largest absolute Gasteiger partial charge is 0.390 e. The fourth-order valence-corrected chi connectivity index (χ4v) is 5.54. The van der Waals surface area contributed by atoms with Crippen molar-refractivity contribution in [2.45, 2.75) is 43.7 Å². The molecule has 2 atom stereocenters. The van der Waals surface area contributed by atoms with E-state index >= 15 is 0 Å². The first kappa shape index (κ1) is 14.8. The molecule has 4 fully saturated rings. The Balaban J connectivity index is 1.40. The summed E-state index contributed by atoms with van der Waals surface area (Å²) in [4.78, 5) is 17.0. The zero-order chi connectivity index (χ0) is 17.2. The number of carbonyl (C=O) groups is 1. The summed E-state index contributed by atoms with van der Waals surface area (Å²) in [6.07, 6.45) is 9.24. The van der Waals surface area contributed by atoms with E-state index in [-0.39, 0.29) is 11.9 Å². The predicted molar refractivity (Wildman–Crippen MR) is 87.5 cm³/mol. The predicted octanol–water partition coefficient (Wildman–Crippen LogP) is 1.27. The molecule has 2 aromatic rings. The Morgan fingerprint density at radius 2 is 2.08 bits per heavy atom. The van der Waals surface area contributed by atoms with Gasteiger partial charge in [0.25, 0.3) is 5.91 Å². The number of fused-ring (bicyclic) bond motifs is 1. The Morgan fingerprint density at radius 1 is 1.32 bits per heavy atom. The molecular weight excluding hydrogens is 318 g/mol. The average Bonchev–Trinajstić information content (AvgIpc) is 2.99. The lowest BCUT2D eigenvalue weighted by molar-refractivity contribution is -0.136. The molecule has 0 saturated heterocycles. The van der Waals surface area contributed by atoms with Crippen molar-refractivity contribution in [1.82, 2.24) is 19.9 Å². The quantitative estimate of drug-likeness (QED) is 0.859. The number of aromatic nitrogens is 3. The van der Waals surface area contributed by atoms with Gasteiger partial charge in [-0.15, -0.1) is 0 Å².